The summed E-state index contributed by atoms with van der Waals surface area (Å²) in [6.45, 7) is 1.19. The van der Waals surface area contributed by atoms with E-state index in [1.807, 2.05) is 79.9 Å². The number of hydrogen-bond donors (Lipinski definition) is 2. The van der Waals surface area contributed by atoms with Crippen LogP contribution in [0.2, 0.25) is 0 Å². The Balaban J connectivity index is 0.000000236. The minimum absolute atomic E-state index is 0.0520. The van der Waals surface area contributed by atoms with Gasteiger partial charge in [0.05, 0.1) is 10.5 Å². The highest BCUT2D eigenvalue weighted by Crippen LogP contribution is 2.32. The molecule has 0 aromatic heterocycles. The van der Waals surface area contributed by atoms with E-state index in [1.165, 1.54) is 18.2 Å². The smallest absolute Gasteiger partial charge is 0.416 e. The lowest BCUT2D eigenvalue weighted by atomic mass is 10.1. The number of likely N-dealkylation sites (N-methyl/N-ethyl adjacent to an activating group) is 2. The van der Waals surface area contributed by atoms with Crippen LogP contribution in [0.3, 0.4) is 0 Å². The van der Waals surface area contributed by atoms with E-state index in [4.69, 9.17) is 9.47 Å². The van der Waals surface area contributed by atoms with Crippen molar-refractivity contribution in [2.75, 3.05) is 27.2 Å². The zero-order chi connectivity index (χ0) is 31.1. The van der Waals surface area contributed by atoms with Gasteiger partial charge in [-0.15, -0.1) is 0 Å². The second-order valence-corrected chi connectivity index (χ2v) is 8.94. The van der Waals surface area contributed by atoms with Crippen LogP contribution in [0.15, 0.2) is 121 Å². The number of benzene rings is 4. The average molecular weight is 592 g/mol. The lowest BCUT2D eigenvalue weighted by Gasteiger charge is -2.12. The Kier molecular flexibility index (Phi) is 12.5. The standard InChI is InChI=1S/C17H16F3NO.C16H16N2O3/c1-21-12-11-16(13-5-3-2-4-6-13)22-15-9-7-14(8-10-15)17(18,19)20;1-17-12-11-15(13-7-3-2-4-8-13)21-16-10-6-5-9-14(16)18(19)20/h2-11,21H,12H2,1H3;2-11,17H,12H2,1H3. The van der Waals surface area contributed by atoms with E-state index in [9.17, 15) is 23.3 Å². The summed E-state index contributed by atoms with van der Waals surface area (Å²) < 4.78 is 49.2. The molecule has 0 bridgehead atoms. The van der Waals surface area contributed by atoms with E-state index in [0.29, 0.717) is 30.4 Å². The van der Waals surface area contributed by atoms with Crippen LogP contribution in [-0.4, -0.2) is 32.1 Å². The number of halogens is 3. The van der Waals surface area contributed by atoms with Crippen LogP contribution in [0.5, 0.6) is 11.5 Å². The topological polar surface area (TPSA) is 85.7 Å². The van der Waals surface area contributed by atoms with Crippen molar-refractivity contribution in [3.63, 3.8) is 0 Å². The third kappa shape index (κ3) is 10.4. The quantitative estimate of drug-likeness (QED) is 0.106. The molecule has 0 unspecified atom stereocenters. The number of alkyl halides is 3. The number of rotatable bonds is 11. The second kappa shape index (κ2) is 16.5. The number of para-hydroxylation sites is 2. The first-order chi connectivity index (χ1) is 20.7. The molecule has 4 aromatic rings. The van der Waals surface area contributed by atoms with E-state index in [0.717, 1.165) is 23.3 Å². The summed E-state index contributed by atoms with van der Waals surface area (Å²) in [5.74, 6) is 1.77. The number of nitrogens with zero attached hydrogens (tertiary/aromatic N) is 1. The van der Waals surface area contributed by atoms with Crippen LogP contribution in [0.25, 0.3) is 11.5 Å². The van der Waals surface area contributed by atoms with Crippen LogP contribution >= 0.6 is 0 Å². The van der Waals surface area contributed by atoms with Crippen LogP contribution in [0.4, 0.5) is 18.9 Å². The van der Waals surface area contributed by atoms with Gasteiger partial charge in [0.2, 0.25) is 5.75 Å². The van der Waals surface area contributed by atoms with Crippen molar-refractivity contribution in [2.24, 2.45) is 0 Å². The molecule has 0 aliphatic heterocycles. The monoisotopic (exact) mass is 591 g/mol. The maximum Gasteiger partial charge on any atom is 0.416 e. The van der Waals surface area contributed by atoms with Crippen LogP contribution in [0, 0.1) is 10.1 Å². The fraction of sp³-hybridized carbons (Fsp3) is 0.152. The van der Waals surface area contributed by atoms with Gasteiger partial charge < -0.3 is 20.1 Å². The minimum Gasteiger partial charge on any atom is -0.457 e. The average Bonchev–Trinajstić information content (AvgIpc) is 3.02. The predicted molar refractivity (Wildman–Crippen MR) is 162 cm³/mol. The van der Waals surface area contributed by atoms with E-state index < -0.39 is 16.7 Å². The summed E-state index contributed by atoms with van der Waals surface area (Å²) in [7, 11) is 3.63. The maximum atomic E-state index is 12.6. The Morgan fingerprint density at radius 2 is 1.19 bits per heavy atom. The molecule has 10 heteroatoms. The van der Waals surface area contributed by atoms with Crippen molar-refractivity contribution < 1.29 is 27.6 Å². The molecule has 2 N–H and O–H groups in total. The normalized spacial score (nSPS) is 11.7. The van der Waals surface area contributed by atoms with Crippen molar-refractivity contribution in [3.8, 4) is 11.5 Å². The van der Waals surface area contributed by atoms with Gasteiger partial charge in [-0.05, 0) is 56.6 Å². The van der Waals surface area contributed by atoms with Gasteiger partial charge in [0.25, 0.3) is 0 Å². The van der Waals surface area contributed by atoms with Gasteiger partial charge in [-0.1, -0.05) is 72.8 Å². The molecule has 0 saturated carbocycles. The maximum absolute atomic E-state index is 12.6. The Bertz CT molecular complexity index is 1490. The molecular weight excluding hydrogens is 559 g/mol. The molecule has 0 atom stereocenters. The molecule has 0 amide bonds. The molecule has 0 aliphatic carbocycles. The molecule has 0 radical (unpaired) electrons. The van der Waals surface area contributed by atoms with Gasteiger partial charge >= 0.3 is 11.9 Å². The first-order valence-electron chi connectivity index (χ1n) is 13.3. The van der Waals surface area contributed by atoms with Gasteiger partial charge in [0, 0.05) is 30.3 Å². The number of nitro groups is 1. The largest absolute Gasteiger partial charge is 0.457 e. The van der Waals surface area contributed by atoms with Crippen molar-refractivity contribution in [3.05, 3.63) is 148 Å². The zero-order valence-electron chi connectivity index (χ0n) is 23.7. The fourth-order valence-electron chi connectivity index (χ4n) is 3.68. The van der Waals surface area contributed by atoms with Gasteiger partial charge in [-0.3, -0.25) is 10.1 Å². The Hall–Kier alpha value is -4.93. The first-order valence-corrected chi connectivity index (χ1v) is 13.3. The van der Waals surface area contributed by atoms with Crippen LogP contribution < -0.4 is 20.1 Å². The van der Waals surface area contributed by atoms with Gasteiger partial charge in [0.1, 0.15) is 17.3 Å². The summed E-state index contributed by atoms with van der Waals surface area (Å²) in [5.41, 5.74) is 0.979. The molecule has 4 aromatic carbocycles. The van der Waals surface area contributed by atoms with E-state index in [-0.39, 0.29) is 11.4 Å². The molecule has 0 aliphatic rings. The van der Waals surface area contributed by atoms with E-state index >= 15 is 0 Å². The summed E-state index contributed by atoms with van der Waals surface area (Å²) in [5, 5.41) is 17.0. The van der Waals surface area contributed by atoms with Crippen molar-refractivity contribution >= 4 is 17.2 Å². The molecule has 0 fully saturated rings. The molecule has 0 heterocycles. The molecule has 7 nitrogen and oxygen atoms in total. The SMILES string of the molecule is CNCC=C(Oc1ccc(C(F)(F)F)cc1)c1ccccc1.CNCC=C(Oc1ccccc1[N+](=O)[O-])c1ccccc1. The highest BCUT2D eigenvalue weighted by Gasteiger charge is 2.30. The Morgan fingerprint density at radius 3 is 1.65 bits per heavy atom. The number of hydrogen-bond acceptors (Lipinski definition) is 6. The minimum atomic E-state index is -4.34. The third-order valence-electron chi connectivity index (χ3n) is 5.79. The van der Waals surface area contributed by atoms with E-state index in [1.54, 1.807) is 25.2 Å². The molecular formula is C33H32F3N3O4. The van der Waals surface area contributed by atoms with Crippen molar-refractivity contribution in [1.82, 2.24) is 10.6 Å². The first kappa shape index (κ1) is 32.6. The van der Waals surface area contributed by atoms with Crippen molar-refractivity contribution in [1.29, 1.82) is 0 Å². The van der Waals surface area contributed by atoms with E-state index in [2.05, 4.69) is 10.6 Å². The molecule has 224 valence electrons. The predicted octanol–water partition coefficient (Wildman–Crippen LogP) is 7.58. The molecule has 4 rings (SSSR count). The lowest BCUT2D eigenvalue weighted by Crippen LogP contribution is -2.07. The van der Waals surface area contributed by atoms with Crippen LogP contribution in [0.1, 0.15) is 16.7 Å². The number of nitrogens with one attached hydrogen (secondary N) is 2. The Morgan fingerprint density at radius 1 is 0.721 bits per heavy atom. The van der Waals surface area contributed by atoms with Crippen molar-refractivity contribution in [2.45, 2.75) is 6.18 Å². The zero-order valence-corrected chi connectivity index (χ0v) is 23.7. The second-order valence-electron chi connectivity index (χ2n) is 8.94. The lowest BCUT2D eigenvalue weighted by molar-refractivity contribution is -0.385. The molecule has 43 heavy (non-hydrogen) atoms. The third-order valence-corrected chi connectivity index (χ3v) is 5.79. The Labute approximate surface area is 248 Å². The highest BCUT2D eigenvalue weighted by molar-refractivity contribution is 5.64. The van der Waals surface area contributed by atoms with Gasteiger partial charge in [0.15, 0.2) is 0 Å². The molecule has 0 saturated heterocycles. The van der Waals surface area contributed by atoms with Gasteiger partial charge in [-0.2, -0.15) is 13.2 Å². The van der Waals surface area contributed by atoms with Crippen LogP contribution in [-0.2, 0) is 6.18 Å². The highest BCUT2D eigenvalue weighted by atomic mass is 19.4. The summed E-state index contributed by atoms with van der Waals surface area (Å²) in [6, 6.07) is 29.9. The fourth-order valence-corrected chi connectivity index (χ4v) is 3.68. The number of ether oxygens (including phenoxy) is 2. The number of nitro benzene ring substituents is 1. The van der Waals surface area contributed by atoms with Gasteiger partial charge in [-0.25, -0.2) is 0 Å². The summed E-state index contributed by atoms with van der Waals surface area (Å²) in [4.78, 5) is 10.6. The summed E-state index contributed by atoms with van der Waals surface area (Å²) in [6.07, 6.45) is -0.651. The summed E-state index contributed by atoms with van der Waals surface area (Å²) >= 11 is 0. The molecule has 0 spiro atoms.